The Labute approximate surface area is 122 Å². The molecule has 0 amide bonds. The van der Waals surface area contributed by atoms with E-state index in [2.05, 4.69) is 5.32 Å². The summed E-state index contributed by atoms with van der Waals surface area (Å²) in [4.78, 5) is 0. The summed E-state index contributed by atoms with van der Waals surface area (Å²) >= 11 is 18.0. The first-order chi connectivity index (χ1) is 8.70. The maximum Gasteiger partial charge on any atom is 0.0663 e. The molecular formula is C14H12Cl3N. The minimum atomic E-state index is -0.0263. The van der Waals surface area contributed by atoms with Crippen molar-refractivity contribution in [1.29, 1.82) is 0 Å². The van der Waals surface area contributed by atoms with Crippen LogP contribution in [0.5, 0.6) is 0 Å². The minimum Gasteiger partial charge on any atom is -0.377 e. The average Bonchev–Trinajstić information content (AvgIpc) is 2.39. The third kappa shape index (κ3) is 3.32. The number of halogens is 3. The highest BCUT2D eigenvalue weighted by molar-refractivity contribution is 6.31. The summed E-state index contributed by atoms with van der Waals surface area (Å²) in [5.41, 5.74) is 1.95. The Balaban J connectivity index is 2.20. The first kappa shape index (κ1) is 13.5. The summed E-state index contributed by atoms with van der Waals surface area (Å²) in [6, 6.07) is 15.2. The topological polar surface area (TPSA) is 12.0 Å². The van der Waals surface area contributed by atoms with Crippen LogP contribution in [-0.2, 0) is 0 Å². The van der Waals surface area contributed by atoms with Crippen LogP contribution in [0.2, 0.25) is 10.0 Å². The number of rotatable bonds is 4. The van der Waals surface area contributed by atoms with Crippen LogP contribution in [0.25, 0.3) is 0 Å². The number of hydrogen-bond donors (Lipinski definition) is 1. The third-order valence-electron chi connectivity index (χ3n) is 2.62. The lowest BCUT2D eigenvalue weighted by atomic mass is 10.1. The van der Waals surface area contributed by atoms with Crippen molar-refractivity contribution >= 4 is 40.5 Å². The van der Waals surface area contributed by atoms with E-state index < -0.39 is 0 Å². The van der Waals surface area contributed by atoms with Crippen LogP contribution in [0.1, 0.15) is 11.6 Å². The standard InChI is InChI=1S/C14H12Cl3N/c15-9-14(12-3-1-2-4-13(12)17)18-11-7-5-10(16)6-8-11/h1-8,14,18H,9H2. The minimum absolute atomic E-state index is 0.0263. The first-order valence-corrected chi connectivity index (χ1v) is 6.82. The van der Waals surface area contributed by atoms with Gasteiger partial charge in [-0.1, -0.05) is 41.4 Å². The van der Waals surface area contributed by atoms with Gasteiger partial charge in [-0.05, 0) is 35.9 Å². The highest BCUT2D eigenvalue weighted by Crippen LogP contribution is 2.27. The van der Waals surface area contributed by atoms with E-state index in [-0.39, 0.29) is 6.04 Å². The Morgan fingerprint density at radius 3 is 2.22 bits per heavy atom. The quantitative estimate of drug-likeness (QED) is 0.747. The Hall–Kier alpha value is -0.890. The summed E-state index contributed by atoms with van der Waals surface area (Å²) in [5.74, 6) is 0.437. The molecule has 0 bridgehead atoms. The average molecular weight is 301 g/mol. The van der Waals surface area contributed by atoms with Gasteiger partial charge in [-0.2, -0.15) is 0 Å². The van der Waals surface area contributed by atoms with Crippen LogP contribution >= 0.6 is 34.8 Å². The van der Waals surface area contributed by atoms with E-state index in [1.54, 1.807) is 0 Å². The van der Waals surface area contributed by atoms with Gasteiger partial charge in [-0.3, -0.25) is 0 Å². The fraction of sp³-hybridized carbons (Fsp3) is 0.143. The monoisotopic (exact) mass is 299 g/mol. The van der Waals surface area contributed by atoms with Crippen LogP contribution in [0.4, 0.5) is 5.69 Å². The number of nitrogens with one attached hydrogen (secondary N) is 1. The molecule has 0 aliphatic heterocycles. The third-order valence-corrected chi connectivity index (χ3v) is 3.52. The summed E-state index contributed by atoms with van der Waals surface area (Å²) in [7, 11) is 0. The van der Waals surface area contributed by atoms with E-state index in [0.29, 0.717) is 15.9 Å². The van der Waals surface area contributed by atoms with Gasteiger partial charge in [-0.15, -0.1) is 11.6 Å². The molecule has 1 atom stereocenters. The molecule has 1 N–H and O–H groups in total. The molecule has 0 fully saturated rings. The highest BCUT2D eigenvalue weighted by Gasteiger charge is 2.12. The second kappa shape index (κ2) is 6.33. The SMILES string of the molecule is ClCC(Nc1ccc(Cl)cc1)c1ccccc1Cl. The van der Waals surface area contributed by atoms with Gasteiger partial charge >= 0.3 is 0 Å². The van der Waals surface area contributed by atoms with E-state index >= 15 is 0 Å². The number of alkyl halides is 1. The van der Waals surface area contributed by atoms with Gasteiger partial charge in [0, 0.05) is 21.6 Å². The highest BCUT2D eigenvalue weighted by atomic mass is 35.5. The number of anilines is 1. The molecule has 1 nitrogen and oxygen atoms in total. The van der Waals surface area contributed by atoms with Crippen molar-refractivity contribution < 1.29 is 0 Å². The fourth-order valence-corrected chi connectivity index (χ4v) is 2.34. The lowest BCUT2D eigenvalue weighted by Crippen LogP contribution is -2.12. The van der Waals surface area contributed by atoms with Crippen LogP contribution < -0.4 is 5.32 Å². The summed E-state index contributed by atoms with van der Waals surface area (Å²) < 4.78 is 0. The zero-order valence-corrected chi connectivity index (χ0v) is 11.8. The molecule has 0 heterocycles. The molecular weight excluding hydrogens is 289 g/mol. The molecule has 0 aromatic heterocycles. The van der Waals surface area contributed by atoms with E-state index in [1.807, 2.05) is 48.5 Å². The molecule has 0 spiro atoms. The molecule has 2 aromatic rings. The molecule has 0 saturated heterocycles. The molecule has 4 heteroatoms. The number of benzene rings is 2. The van der Waals surface area contributed by atoms with Crippen molar-refractivity contribution in [3.63, 3.8) is 0 Å². The van der Waals surface area contributed by atoms with Crippen LogP contribution in [0.15, 0.2) is 48.5 Å². The van der Waals surface area contributed by atoms with Gasteiger partial charge in [-0.25, -0.2) is 0 Å². The molecule has 0 radical (unpaired) electrons. The molecule has 0 aliphatic rings. The molecule has 0 aliphatic carbocycles. The lowest BCUT2D eigenvalue weighted by molar-refractivity contribution is 0.894. The number of hydrogen-bond acceptors (Lipinski definition) is 1. The Kier molecular flexibility index (Phi) is 4.76. The Bertz CT molecular complexity index is 511. The molecule has 0 saturated carbocycles. The maximum atomic E-state index is 6.17. The summed E-state index contributed by atoms with van der Waals surface area (Å²) in [5, 5.41) is 4.76. The van der Waals surface area contributed by atoms with E-state index in [9.17, 15) is 0 Å². The molecule has 1 unspecified atom stereocenters. The normalized spacial score (nSPS) is 12.2. The van der Waals surface area contributed by atoms with Crippen molar-refractivity contribution in [2.45, 2.75) is 6.04 Å². The zero-order chi connectivity index (χ0) is 13.0. The fourth-order valence-electron chi connectivity index (χ4n) is 1.70. The van der Waals surface area contributed by atoms with Crippen molar-refractivity contribution in [1.82, 2.24) is 0 Å². The van der Waals surface area contributed by atoms with Gasteiger partial charge in [0.1, 0.15) is 0 Å². The predicted octanol–water partition coefficient (Wildman–Crippen LogP) is 5.39. The summed E-state index contributed by atoms with van der Waals surface area (Å²) in [6.07, 6.45) is 0. The summed E-state index contributed by atoms with van der Waals surface area (Å²) in [6.45, 7) is 0. The van der Waals surface area contributed by atoms with Crippen LogP contribution in [-0.4, -0.2) is 5.88 Å². The second-order valence-electron chi connectivity index (χ2n) is 3.88. The first-order valence-electron chi connectivity index (χ1n) is 5.53. The molecule has 2 rings (SSSR count). The molecule has 2 aromatic carbocycles. The maximum absolute atomic E-state index is 6.17. The Morgan fingerprint density at radius 2 is 1.61 bits per heavy atom. The van der Waals surface area contributed by atoms with Gasteiger partial charge < -0.3 is 5.32 Å². The van der Waals surface area contributed by atoms with Crippen LogP contribution in [0, 0.1) is 0 Å². The predicted molar refractivity (Wildman–Crippen MR) is 80.0 cm³/mol. The molecule has 94 valence electrons. The van der Waals surface area contributed by atoms with E-state index in [1.165, 1.54) is 0 Å². The largest absolute Gasteiger partial charge is 0.377 e. The van der Waals surface area contributed by atoms with Crippen molar-refractivity contribution in [2.75, 3.05) is 11.2 Å². The Morgan fingerprint density at radius 1 is 0.944 bits per heavy atom. The van der Waals surface area contributed by atoms with Crippen molar-refractivity contribution in [2.24, 2.45) is 0 Å². The second-order valence-corrected chi connectivity index (χ2v) is 5.03. The van der Waals surface area contributed by atoms with Crippen molar-refractivity contribution in [3.05, 3.63) is 64.1 Å². The van der Waals surface area contributed by atoms with E-state index in [0.717, 1.165) is 11.3 Å². The van der Waals surface area contributed by atoms with Crippen LogP contribution in [0.3, 0.4) is 0 Å². The smallest absolute Gasteiger partial charge is 0.0663 e. The molecule has 18 heavy (non-hydrogen) atoms. The zero-order valence-electron chi connectivity index (χ0n) is 9.54. The lowest BCUT2D eigenvalue weighted by Gasteiger charge is -2.19. The van der Waals surface area contributed by atoms with Gasteiger partial charge in [0.25, 0.3) is 0 Å². The van der Waals surface area contributed by atoms with Gasteiger partial charge in [0.15, 0.2) is 0 Å². The van der Waals surface area contributed by atoms with Gasteiger partial charge in [0.05, 0.1) is 6.04 Å². The van der Waals surface area contributed by atoms with Gasteiger partial charge in [0.2, 0.25) is 0 Å². The van der Waals surface area contributed by atoms with Crippen molar-refractivity contribution in [3.8, 4) is 0 Å². The van der Waals surface area contributed by atoms with E-state index in [4.69, 9.17) is 34.8 Å².